The largest absolute Gasteiger partial charge is 0.354 e. The highest BCUT2D eigenvalue weighted by molar-refractivity contribution is 6.30. The minimum absolute atomic E-state index is 0.0910. The van der Waals surface area contributed by atoms with Crippen molar-refractivity contribution in [2.45, 2.75) is 13.3 Å². The Morgan fingerprint density at radius 3 is 2.50 bits per heavy atom. The number of aromatic nitrogens is 1. The third kappa shape index (κ3) is 4.79. The first-order valence-electron chi connectivity index (χ1n) is 10.4. The summed E-state index contributed by atoms with van der Waals surface area (Å²) in [4.78, 5) is 16.8. The lowest BCUT2D eigenvalue weighted by molar-refractivity contribution is 0.101. The monoisotopic (exact) mass is 447 g/mol. The minimum atomic E-state index is -0.403. The fraction of sp³-hybridized carbons (Fsp3) is 0.154. The van der Waals surface area contributed by atoms with E-state index in [1.165, 1.54) is 24.6 Å². The predicted octanol–water partition coefficient (Wildman–Crippen LogP) is 6.40. The summed E-state index contributed by atoms with van der Waals surface area (Å²) < 4.78 is 13.9. The van der Waals surface area contributed by atoms with Gasteiger partial charge >= 0.3 is 0 Å². The normalized spacial score (nSPS) is 11.0. The second kappa shape index (κ2) is 9.47. The molecular weight excluding hydrogens is 425 g/mol. The Kier molecular flexibility index (Phi) is 6.49. The standard InChI is InChI=1S/C26H23ClFN3O/c1-16(32)24-15-30-25-8-5-18(19-11-20(27)14-21(28)12-19)13-23(25)26(24)31-22-6-3-17(4-7-22)9-10-29-2/h3-8,11-15,29H,9-10H2,1-2H3,(H,30,31). The molecule has 32 heavy (non-hydrogen) atoms. The van der Waals surface area contributed by atoms with Gasteiger partial charge in [0.1, 0.15) is 5.82 Å². The maximum absolute atomic E-state index is 13.9. The van der Waals surface area contributed by atoms with Crippen molar-refractivity contribution in [3.63, 3.8) is 0 Å². The number of Topliss-reactive ketones (excluding diaryl/α,β-unsaturated/α-hetero) is 1. The second-order valence-electron chi connectivity index (χ2n) is 7.67. The van der Waals surface area contributed by atoms with Gasteiger partial charge in [-0.3, -0.25) is 9.78 Å². The molecule has 6 heteroatoms. The summed E-state index contributed by atoms with van der Waals surface area (Å²) in [6, 6.07) is 18.2. The van der Waals surface area contributed by atoms with Gasteiger partial charge in [0, 0.05) is 22.3 Å². The van der Waals surface area contributed by atoms with Gasteiger partial charge in [-0.25, -0.2) is 4.39 Å². The van der Waals surface area contributed by atoms with E-state index in [2.05, 4.69) is 27.8 Å². The van der Waals surface area contributed by atoms with Crippen LogP contribution in [0.2, 0.25) is 5.02 Å². The maximum Gasteiger partial charge on any atom is 0.163 e. The van der Waals surface area contributed by atoms with Crippen LogP contribution in [-0.4, -0.2) is 24.4 Å². The van der Waals surface area contributed by atoms with Crippen molar-refractivity contribution in [1.29, 1.82) is 0 Å². The Hall–Kier alpha value is -3.28. The number of nitrogens with one attached hydrogen (secondary N) is 2. The Morgan fingerprint density at radius 2 is 1.81 bits per heavy atom. The van der Waals surface area contributed by atoms with Crippen molar-refractivity contribution in [3.05, 3.63) is 88.8 Å². The molecule has 0 aliphatic heterocycles. The molecule has 0 aliphatic rings. The summed E-state index contributed by atoms with van der Waals surface area (Å²) in [5, 5.41) is 7.65. The van der Waals surface area contributed by atoms with Crippen LogP contribution in [0, 0.1) is 5.82 Å². The molecular formula is C26H23ClFN3O. The van der Waals surface area contributed by atoms with E-state index in [0.717, 1.165) is 35.1 Å². The summed E-state index contributed by atoms with van der Waals surface area (Å²) >= 11 is 6.05. The number of carbonyl (C=O) groups is 1. The molecule has 0 radical (unpaired) electrons. The van der Waals surface area contributed by atoms with Crippen molar-refractivity contribution >= 4 is 39.7 Å². The minimum Gasteiger partial charge on any atom is -0.354 e. The number of nitrogens with zero attached hydrogens (tertiary/aromatic N) is 1. The molecule has 0 unspecified atom stereocenters. The van der Waals surface area contributed by atoms with E-state index in [0.29, 0.717) is 21.8 Å². The molecule has 2 N–H and O–H groups in total. The van der Waals surface area contributed by atoms with Gasteiger partial charge in [0.15, 0.2) is 5.78 Å². The average Bonchev–Trinajstić information content (AvgIpc) is 2.77. The van der Waals surface area contributed by atoms with Crippen LogP contribution in [0.25, 0.3) is 22.0 Å². The molecule has 4 rings (SSSR count). The van der Waals surface area contributed by atoms with E-state index in [-0.39, 0.29) is 5.78 Å². The number of carbonyl (C=O) groups excluding carboxylic acids is 1. The van der Waals surface area contributed by atoms with E-state index in [4.69, 9.17) is 11.6 Å². The van der Waals surface area contributed by atoms with Crippen LogP contribution >= 0.6 is 11.6 Å². The predicted molar refractivity (Wildman–Crippen MR) is 130 cm³/mol. The van der Waals surface area contributed by atoms with Crippen LogP contribution in [0.15, 0.2) is 66.9 Å². The van der Waals surface area contributed by atoms with Gasteiger partial charge in [-0.2, -0.15) is 0 Å². The smallest absolute Gasteiger partial charge is 0.163 e. The molecule has 0 saturated carbocycles. The van der Waals surface area contributed by atoms with Crippen LogP contribution in [0.1, 0.15) is 22.8 Å². The van der Waals surface area contributed by atoms with Gasteiger partial charge in [0.25, 0.3) is 0 Å². The van der Waals surface area contributed by atoms with Crippen molar-refractivity contribution < 1.29 is 9.18 Å². The van der Waals surface area contributed by atoms with Gasteiger partial charge < -0.3 is 10.6 Å². The number of hydrogen-bond acceptors (Lipinski definition) is 4. The highest BCUT2D eigenvalue weighted by Gasteiger charge is 2.14. The lowest BCUT2D eigenvalue weighted by Gasteiger charge is -2.15. The Labute approximate surface area is 191 Å². The maximum atomic E-state index is 13.9. The molecule has 0 fully saturated rings. The van der Waals surface area contributed by atoms with Crippen LogP contribution in [0.3, 0.4) is 0 Å². The van der Waals surface area contributed by atoms with Crippen molar-refractivity contribution in [1.82, 2.24) is 10.3 Å². The van der Waals surface area contributed by atoms with Crippen LogP contribution in [0.5, 0.6) is 0 Å². The zero-order chi connectivity index (χ0) is 22.7. The van der Waals surface area contributed by atoms with Gasteiger partial charge in [0.05, 0.1) is 16.8 Å². The summed E-state index contributed by atoms with van der Waals surface area (Å²) in [5.74, 6) is -0.494. The third-order valence-corrected chi connectivity index (χ3v) is 5.55. The van der Waals surface area contributed by atoms with Gasteiger partial charge in [-0.1, -0.05) is 29.8 Å². The molecule has 1 heterocycles. The van der Waals surface area contributed by atoms with Crippen molar-refractivity contribution in [2.75, 3.05) is 18.9 Å². The number of likely N-dealkylation sites (N-methyl/N-ethyl adjacent to an activating group) is 1. The lowest BCUT2D eigenvalue weighted by atomic mass is 10.00. The first kappa shape index (κ1) is 21.9. The van der Waals surface area contributed by atoms with E-state index in [1.807, 2.05) is 37.4 Å². The Bertz CT molecular complexity index is 1270. The highest BCUT2D eigenvalue weighted by Crippen LogP contribution is 2.34. The number of hydrogen-bond donors (Lipinski definition) is 2. The van der Waals surface area contributed by atoms with Gasteiger partial charge in [0.2, 0.25) is 0 Å². The fourth-order valence-corrected chi connectivity index (χ4v) is 3.88. The Morgan fingerprint density at radius 1 is 1.03 bits per heavy atom. The summed E-state index contributed by atoms with van der Waals surface area (Å²) in [6.07, 6.45) is 2.53. The molecule has 0 aliphatic carbocycles. The number of rotatable bonds is 7. The van der Waals surface area contributed by atoms with Crippen LogP contribution in [0.4, 0.5) is 15.8 Å². The molecule has 0 saturated heterocycles. The molecule has 4 aromatic rings. The number of anilines is 2. The zero-order valence-corrected chi connectivity index (χ0v) is 18.6. The first-order chi connectivity index (χ1) is 15.4. The van der Waals surface area contributed by atoms with E-state index in [1.54, 1.807) is 12.3 Å². The quantitative estimate of drug-likeness (QED) is 0.322. The van der Waals surface area contributed by atoms with Crippen molar-refractivity contribution in [3.8, 4) is 11.1 Å². The molecule has 0 atom stereocenters. The van der Waals surface area contributed by atoms with E-state index >= 15 is 0 Å². The van der Waals surface area contributed by atoms with E-state index < -0.39 is 5.82 Å². The molecule has 1 aromatic heterocycles. The lowest BCUT2D eigenvalue weighted by Crippen LogP contribution is -2.10. The topological polar surface area (TPSA) is 54.0 Å². The number of benzene rings is 3. The fourth-order valence-electron chi connectivity index (χ4n) is 3.66. The van der Waals surface area contributed by atoms with Crippen LogP contribution in [-0.2, 0) is 6.42 Å². The summed E-state index contributed by atoms with van der Waals surface area (Å²) in [6.45, 7) is 2.42. The number of halogens is 2. The SMILES string of the molecule is CNCCc1ccc(Nc2c(C(C)=O)cnc3ccc(-c4cc(F)cc(Cl)c4)cc23)cc1. The van der Waals surface area contributed by atoms with Crippen molar-refractivity contribution in [2.24, 2.45) is 0 Å². The summed E-state index contributed by atoms with van der Waals surface area (Å²) in [5.41, 5.74) is 5.43. The number of fused-ring (bicyclic) bond motifs is 1. The van der Waals surface area contributed by atoms with E-state index in [9.17, 15) is 9.18 Å². The number of pyridine rings is 1. The Balaban J connectivity index is 1.80. The first-order valence-corrected chi connectivity index (χ1v) is 10.7. The van der Waals surface area contributed by atoms with Gasteiger partial charge in [-0.15, -0.1) is 0 Å². The number of ketones is 1. The van der Waals surface area contributed by atoms with Crippen LogP contribution < -0.4 is 10.6 Å². The van der Waals surface area contributed by atoms with Gasteiger partial charge in [-0.05, 0) is 86.1 Å². The second-order valence-corrected chi connectivity index (χ2v) is 8.11. The highest BCUT2D eigenvalue weighted by atomic mass is 35.5. The zero-order valence-electron chi connectivity index (χ0n) is 17.9. The average molecular weight is 448 g/mol. The summed E-state index contributed by atoms with van der Waals surface area (Å²) in [7, 11) is 1.93. The molecule has 0 amide bonds. The molecule has 162 valence electrons. The molecule has 3 aromatic carbocycles. The molecule has 4 nitrogen and oxygen atoms in total. The molecule has 0 bridgehead atoms. The third-order valence-electron chi connectivity index (χ3n) is 5.33. The molecule has 0 spiro atoms.